The van der Waals surface area contributed by atoms with Gasteiger partial charge in [-0.05, 0) is 30.0 Å². The van der Waals surface area contributed by atoms with Crippen LogP contribution in [0.2, 0.25) is 0 Å². The lowest BCUT2D eigenvalue weighted by molar-refractivity contribution is 0.173. The van der Waals surface area contributed by atoms with Crippen molar-refractivity contribution in [2.75, 3.05) is 18.5 Å². The van der Waals surface area contributed by atoms with Crippen LogP contribution in [0, 0.1) is 0 Å². The fourth-order valence-electron chi connectivity index (χ4n) is 2.90. The summed E-state index contributed by atoms with van der Waals surface area (Å²) in [5.74, 6) is 0. The monoisotopic (exact) mass is 282 g/mol. The molecule has 2 aromatic carbocycles. The van der Waals surface area contributed by atoms with Crippen molar-refractivity contribution in [1.82, 2.24) is 5.32 Å². The van der Waals surface area contributed by atoms with Crippen LogP contribution in [0.3, 0.4) is 0 Å². The summed E-state index contributed by atoms with van der Waals surface area (Å²) in [7, 11) is 0. The average molecular weight is 282 g/mol. The van der Waals surface area contributed by atoms with Crippen molar-refractivity contribution in [3.63, 3.8) is 0 Å². The molecule has 1 atom stereocenters. The molecular weight excluding hydrogens is 260 g/mol. The van der Waals surface area contributed by atoms with E-state index in [0.29, 0.717) is 0 Å². The molecule has 0 bridgehead atoms. The second-order valence-corrected chi connectivity index (χ2v) is 5.84. The van der Waals surface area contributed by atoms with Gasteiger partial charge in [-0.15, -0.1) is 0 Å². The molecular formula is C18H22N2O. The highest BCUT2D eigenvalue weighted by atomic mass is 16.3. The Morgan fingerprint density at radius 3 is 2.71 bits per heavy atom. The second kappa shape index (κ2) is 5.88. The molecule has 2 aromatic rings. The van der Waals surface area contributed by atoms with Crippen molar-refractivity contribution in [2.24, 2.45) is 0 Å². The van der Waals surface area contributed by atoms with E-state index in [-0.39, 0.29) is 6.61 Å². The quantitative estimate of drug-likeness (QED) is 0.790. The van der Waals surface area contributed by atoms with E-state index < -0.39 is 5.54 Å². The molecule has 0 saturated heterocycles. The van der Waals surface area contributed by atoms with Crippen LogP contribution in [0.25, 0.3) is 0 Å². The molecule has 1 aliphatic heterocycles. The number of hydrogen-bond acceptors (Lipinski definition) is 3. The van der Waals surface area contributed by atoms with Gasteiger partial charge in [0, 0.05) is 18.8 Å². The minimum Gasteiger partial charge on any atom is -0.394 e. The molecule has 110 valence electrons. The molecule has 3 N–H and O–H groups in total. The molecule has 3 rings (SSSR count). The number of fused-ring (bicyclic) bond motifs is 1. The Hall–Kier alpha value is -1.84. The van der Waals surface area contributed by atoms with Crippen LogP contribution in [0.1, 0.15) is 23.6 Å². The number of anilines is 1. The number of nitrogens with one attached hydrogen (secondary N) is 2. The largest absolute Gasteiger partial charge is 0.394 e. The SMILES string of the molecule is CC(CO)(NCc1cccc2c1NCC2)c1ccccc1. The lowest BCUT2D eigenvalue weighted by Crippen LogP contribution is -2.42. The van der Waals surface area contributed by atoms with Crippen LogP contribution < -0.4 is 10.6 Å². The average Bonchev–Trinajstić information content (AvgIpc) is 3.02. The molecule has 3 heteroatoms. The summed E-state index contributed by atoms with van der Waals surface area (Å²) in [6.07, 6.45) is 1.10. The standard InChI is InChI=1S/C18H22N2O/c1-18(13-21,16-8-3-2-4-9-16)20-12-15-7-5-6-14-10-11-19-17(14)15/h2-9,19-21H,10-13H2,1H3. The van der Waals surface area contributed by atoms with Gasteiger partial charge in [-0.25, -0.2) is 0 Å². The molecule has 21 heavy (non-hydrogen) atoms. The third-order valence-electron chi connectivity index (χ3n) is 4.33. The molecule has 0 aliphatic carbocycles. The number of hydrogen-bond donors (Lipinski definition) is 3. The summed E-state index contributed by atoms with van der Waals surface area (Å²) in [4.78, 5) is 0. The summed E-state index contributed by atoms with van der Waals surface area (Å²) in [6, 6.07) is 16.6. The number of aliphatic hydroxyl groups excluding tert-OH is 1. The smallest absolute Gasteiger partial charge is 0.0652 e. The van der Waals surface area contributed by atoms with Gasteiger partial charge >= 0.3 is 0 Å². The minimum atomic E-state index is -0.428. The predicted octanol–water partition coefficient (Wildman–Crippen LogP) is 2.65. The fraction of sp³-hybridized carbons (Fsp3) is 0.333. The van der Waals surface area contributed by atoms with Gasteiger partial charge < -0.3 is 15.7 Å². The summed E-state index contributed by atoms with van der Waals surface area (Å²) in [5.41, 5.74) is 4.59. The highest BCUT2D eigenvalue weighted by Crippen LogP contribution is 2.27. The first-order valence-corrected chi connectivity index (χ1v) is 7.49. The lowest BCUT2D eigenvalue weighted by Gasteiger charge is -2.30. The Morgan fingerprint density at radius 1 is 1.14 bits per heavy atom. The van der Waals surface area contributed by atoms with Gasteiger partial charge in [0.25, 0.3) is 0 Å². The van der Waals surface area contributed by atoms with Gasteiger partial charge in [-0.2, -0.15) is 0 Å². The molecule has 0 aromatic heterocycles. The summed E-state index contributed by atoms with van der Waals surface area (Å²) in [6.45, 7) is 3.86. The molecule has 1 aliphatic rings. The third-order valence-corrected chi connectivity index (χ3v) is 4.33. The topological polar surface area (TPSA) is 44.3 Å². The normalized spacial score (nSPS) is 16.1. The van der Waals surface area contributed by atoms with Gasteiger partial charge in [0.05, 0.1) is 12.1 Å². The minimum absolute atomic E-state index is 0.0689. The van der Waals surface area contributed by atoms with E-state index in [2.05, 4.69) is 41.0 Å². The predicted molar refractivity (Wildman–Crippen MR) is 86.4 cm³/mol. The Kier molecular flexibility index (Phi) is 3.95. The van der Waals surface area contributed by atoms with E-state index in [9.17, 15) is 5.11 Å². The maximum Gasteiger partial charge on any atom is 0.0652 e. The Balaban J connectivity index is 1.79. The molecule has 1 unspecified atom stereocenters. The van der Waals surface area contributed by atoms with Crippen molar-refractivity contribution in [3.8, 4) is 0 Å². The Morgan fingerprint density at radius 2 is 1.95 bits per heavy atom. The van der Waals surface area contributed by atoms with Gasteiger partial charge in [0.15, 0.2) is 0 Å². The van der Waals surface area contributed by atoms with E-state index in [1.807, 2.05) is 25.1 Å². The fourth-order valence-corrected chi connectivity index (χ4v) is 2.90. The highest BCUT2D eigenvalue weighted by Gasteiger charge is 2.25. The van der Waals surface area contributed by atoms with E-state index >= 15 is 0 Å². The molecule has 1 heterocycles. The summed E-state index contributed by atoms with van der Waals surface area (Å²) >= 11 is 0. The van der Waals surface area contributed by atoms with Gasteiger partial charge in [0.2, 0.25) is 0 Å². The first-order valence-electron chi connectivity index (χ1n) is 7.49. The number of rotatable bonds is 5. The maximum atomic E-state index is 9.83. The first-order chi connectivity index (χ1) is 10.2. The van der Waals surface area contributed by atoms with Crippen LogP contribution >= 0.6 is 0 Å². The molecule has 0 radical (unpaired) electrons. The van der Waals surface area contributed by atoms with Crippen molar-refractivity contribution in [1.29, 1.82) is 0 Å². The molecule has 0 fully saturated rings. The molecule has 3 nitrogen and oxygen atoms in total. The summed E-state index contributed by atoms with van der Waals surface area (Å²) in [5, 5.41) is 16.8. The van der Waals surface area contributed by atoms with E-state index in [0.717, 1.165) is 25.1 Å². The zero-order valence-corrected chi connectivity index (χ0v) is 12.4. The molecule has 0 saturated carbocycles. The number of benzene rings is 2. The van der Waals surface area contributed by atoms with Gasteiger partial charge in [-0.3, -0.25) is 0 Å². The Labute approximate surface area is 126 Å². The Bertz CT molecular complexity index is 612. The van der Waals surface area contributed by atoms with Crippen LogP contribution in [0.4, 0.5) is 5.69 Å². The zero-order valence-electron chi connectivity index (χ0n) is 12.4. The number of para-hydroxylation sites is 1. The number of aliphatic hydroxyl groups is 1. The van der Waals surface area contributed by atoms with E-state index in [1.54, 1.807) is 0 Å². The van der Waals surface area contributed by atoms with Crippen molar-refractivity contribution >= 4 is 5.69 Å². The molecule has 0 spiro atoms. The van der Waals surface area contributed by atoms with Crippen LogP contribution in [-0.4, -0.2) is 18.3 Å². The van der Waals surface area contributed by atoms with Crippen LogP contribution in [0.5, 0.6) is 0 Å². The lowest BCUT2D eigenvalue weighted by atomic mass is 9.92. The summed E-state index contributed by atoms with van der Waals surface area (Å²) < 4.78 is 0. The van der Waals surface area contributed by atoms with Crippen molar-refractivity contribution in [2.45, 2.75) is 25.4 Å². The third kappa shape index (κ3) is 2.80. The van der Waals surface area contributed by atoms with Gasteiger partial charge in [0.1, 0.15) is 0 Å². The first kappa shape index (κ1) is 14.1. The van der Waals surface area contributed by atoms with E-state index in [4.69, 9.17) is 0 Å². The maximum absolute atomic E-state index is 9.83. The second-order valence-electron chi connectivity index (χ2n) is 5.84. The highest BCUT2D eigenvalue weighted by molar-refractivity contribution is 5.61. The van der Waals surface area contributed by atoms with Crippen molar-refractivity contribution in [3.05, 3.63) is 65.2 Å². The zero-order chi connectivity index (χ0) is 14.7. The van der Waals surface area contributed by atoms with Crippen molar-refractivity contribution < 1.29 is 5.11 Å². The van der Waals surface area contributed by atoms with Gasteiger partial charge in [-0.1, -0.05) is 48.5 Å². The van der Waals surface area contributed by atoms with E-state index in [1.165, 1.54) is 16.8 Å². The van der Waals surface area contributed by atoms with Crippen LogP contribution in [0.15, 0.2) is 48.5 Å². The van der Waals surface area contributed by atoms with Crippen LogP contribution in [-0.2, 0) is 18.5 Å². The molecule has 0 amide bonds.